The summed E-state index contributed by atoms with van der Waals surface area (Å²) in [6, 6.07) is 0. The van der Waals surface area contributed by atoms with Crippen molar-refractivity contribution in [1.29, 1.82) is 0 Å². The second-order valence-electron chi connectivity index (χ2n) is 12.1. The van der Waals surface area contributed by atoms with Gasteiger partial charge >= 0.3 is 12.1 Å². The van der Waals surface area contributed by atoms with Crippen molar-refractivity contribution < 1.29 is 23.8 Å². The molecule has 0 aliphatic rings. The first-order valence-corrected chi connectivity index (χ1v) is 17.9. The molecule has 7 nitrogen and oxygen atoms in total. The third-order valence-corrected chi connectivity index (χ3v) is 8.14. The molecule has 0 saturated heterocycles. The number of nitrogens with zero attached hydrogens (tertiary/aromatic N) is 1. The number of amides is 1. The van der Waals surface area contributed by atoms with Gasteiger partial charge in [0.05, 0.1) is 25.7 Å². The van der Waals surface area contributed by atoms with Gasteiger partial charge in [0.15, 0.2) is 0 Å². The minimum absolute atomic E-state index is 0.0128. The Morgan fingerprint density at radius 3 is 1.81 bits per heavy atom. The van der Waals surface area contributed by atoms with Crippen LogP contribution in [0.15, 0.2) is 0 Å². The molecular weight excluding hydrogens is 528 g/mol. The molecule has 250 valence electrons. The summed E-state index contributed by atoms with van der Waals surface area (Å²) in [6.07, 6.45) is 21.8. The summed E-state index contributed by atoms with van der Waals surface area (Å²) in [6.45, 7) is 12.8. The summed E-state index contributed by atoms with van der Waals surface area (Å²) >= 11 is 0. The van der Waals surface area contributed by atoms with E-state index in [0.29, 0.717) is 26.4 Å². The summed E-state index contributed by atoms with van der Waals surface area (Å²) in [7, 11) is 2.06. The fourth-order valence-electron chi connectivity index (χ4n) is 5.09. The molecule has 0 aromatic carbocycles. The lowest BCUT2D eigenvalue weighted by Gasteiger charge is -2.19. The molecule has 0 radical (unpaired) electrons. The Hall–Kier alpha value is -1.34. The molecular formula is C35H70N2O5. The molecule has 2 unspecified atom stereocenters. The highest BCUT2D eigenvalue weighted by atomic mass is 16.6. The van der Waals surface area contributed by atoms with E-state index in [4.69, 9.17) is 14.2 Å². The van der Waals surface area contributed by atoms with Gasteiger partial charge in [0.1, 0.15) is 6.10 Å². The van der Waals surface area contributed by atoms with Crippen LogP contribution in [0, 0.1) is 5.92 Å². The van der Waals surface area contributed by atoms with Crippen molar-refractivity contribution >= 4 is 12.1 Å². The predicted molar refractivity (Wildman–Crippen MR) is 176 cm³/mol. The average Bonchev–Trinajstić information content (AvgIpc) is 2.98. The Kier molecular flexibility index (Phi) is 30.1. The molecule has 7 heteroatoms. The van der Waals surface area contributed by atoms with Gasteiger partial charge in [-0.15, -0.1) is 0 Å². The van der Waals surface area contributed by atoms with E-state index in [9.17, 15) is 9.59 Å². The van der Waals surface area contributed by atoms with E-state index in [2.05, 4.69) is 45.0 Å². The minimum Gasteiger partial charge on any atom is -0.465 e. The first-order chi connectivity index (χ1) is 20.5. The minimum atomic E-state index is -0.352. The van der Waals surface area contributed by atoms with Crippen LogP contribution in [0.3, 0.4) is 0 Å². The lowest BCUT2D eigenvalue weighted by molar-refractivity contribution is -0.149. The topological polar surface area (TPSA) is 77.1 Å². The molecule has 42 heavy (non-hydrogen) atoms. The van der Waals surface area contributed by atoms with E-state index < -0.39 is 0 Å². The van der Waals surface area contributed by atoms with Gasteiger partial charge in [0.2, 0.25) is 0 Å². The molecule has 0 spiro atoms. The number of alkyl carbamates (subject to hydrolysis) is 1. The van der Waals surface area contributed by atoms with Gasteiger partial charge in [-0.25, -0.2) is 4.79 Å². The van der Waals surface area contributed by atoms with E-state index in [0.717, 1.165) is 90.1 Å². The Balaban J connectivity index is 4.32. The number of unbranched alkanes of at least 4 members (excludes halogenated alkanes) is 12. The number of carbonyl (C=O) groups excluding carboxylic acids is 2. The van der Waals surface area contributed by atoms with Crippen LogP contribution in [0.1, 0.15) is 156 Å². The van der Waals surface area contributed by atoms with Crippen molar-refractivity contribution in [3.8, 4) is 0 Å². The van der Waals surface area contributed by atoms with Crippen LogP contribution in [-0.2, 0) is 19.0 Å². The molecule has 1 N–H and O–H groups in total. The highest BCUT2D eigenvalue weighted by Gasteiger charge is 2.19. The molecule has 0 aliphatic heterocycles. The lowest BCUT2D eigenvalue weighted by atomic mass is 9.94. The summed E-state index contributed by atoms with van der Waals surface area (Å²) in [5.74, 6) is 0.0739. The van der Waals surface area contributed by atoms with Crippen molar-refractivity contribution in [2.24, 2.45) is 5.92 Å². The number of rotatable bonds is 31. The molecule has 0 aromatic rings. The molecule has 0 bridgehead atoms. The van der Waals surface area contributed by atoms with Crippen molar-refractivity contribution in [3.05, 3.63) is 0 Å². The average molecular weight is 599 g/mol. The van der Waals surface area contributed by atoms with Crippen LogP contribution >= 0.6 is 0 Å². The second kappa shape index (κ2) is 31.1. The molecule has 0 fully saturated rings. The SMILES string of the molecule is CCCCCCCCC(CCCCCC)C(=O)OCCCCCC(CCCCC)OC(=O)NCCOCCN(C)CC. The van der Waals surface area contributed by atoms with Gasteiger partial charge in [0.25, 0.3) is 0 Å². The first-order valence-electron chi connectivity index (χ1n) is 17.9. The monoisotopic (exact) mass is 599 g/mol. The maximum atomic E-state index is 12.9. The zero-order valence-corrected chi connectivity index (χ0v) is 28.5. The Labute approximate surface area is 260 Å². The Bertz CT molecular complexity index is 604. The zero-order valence-electron chi connectivity index (χ0n) is 28.5. The van der Waals surface area contributed by atoms with Crippen molar-refractivity contribution in [2.45, 2.75) is 162 Å². The van der Waals surface area contributed by atoms with Gasteiger partial charge in [-0.3, -0.25) is 4.79 Å². The molecule has 0 aliphatic carbocycles. The Morgan fingerprint density at radius 1 is 0.643 bits per heavy atom. The van der Waals surface area contributed by atoms with Gasteiger partial charge in [0, 0.05) is 13.1 Å². The van der Waals surface area contributed by atoms with E-state index >= 15 is 0 Å². The number of ether oxygens (including phenoxy) is 3. The van der Waals surface area contributed by atoms with E-state index in [1.165, 1.54) is 51.4 Å². The number of carbonyl (C=O) groups is 2. The summed E-state index contributed by atoms with van der Waals surface area (Å²) < 4.78 is 17.1. The number of hydrogen-bond donors (Lipinski definition) is 1. The summed E-state index contributed by atoms with van der Waals surface area (Å²) in [5, 5.41) is 2.83. The zero-order chi connectivity index (χ0) is 31.1. The molecule has 0 rings (SSSR count). The van der Waals surface area contributed by atoms with Crippen LogP contribution in [0.2, 0.25) is 0 Å². The smallest absolute Gasteiger partial charge is 0.407 e. The number of esters is 1. The molecule has 2 atom stereocenters. The van der Waals surface area contributed by atoms with E-state index in [1.54, 1.807) is 0 Å². The van der Waals surface area contributed by atoms with Crippen LogP contribution in [0.4, 0.5) is 4.79 Å². The van der Waals surface area contributed by atoms with Gasteiger partial charge in [-0.1, -0.05) is 105 Å². The number of likely N-dealkylation sites (N-methyl/N-ethyl adjacent to an activating group) is 1. The quantitative estimate of drug-likeness (QED) is 0.0633. The van der Waals surface area contributed by atoms with Crippen molar-refractivity contribution in [2.75, 3.05) is 46.5 Å². The summed E-state index contributed by atoms with van der Waals surface area (Å²) in [4.78, 5) is 27.4. The van der Waals surface area contributed by atoms with Crippen LogP contribution in [0.25, 0.3) is 0 Å². The fraction of sp³-hybridized carbons (Fsp3) is 0.943. The fourth-order valence-corrected chi connectivity index (χ4v) is 5.09. The molecule has 0 aromatic heterocycles. The lowest BCUT2D eigenvalue weighted by Crippen LogP contribution is -2.32. The highest BCUT2D eigenvalue weighted by Crippen LogP contribution is 2.21. The van der Waals surface area contributed by atoms with Gasteiger partial charge in [-0.2, -0.15) is 0 Å². The molecule has 0 heterocycles. The van der Waals surface area contributed by atoms with E-state index in [1.807, 2.05) is 0 Å². The first kappa shape index (κ1) is 40.7. The largest absolute Gasteiger partial charge is 0.465 e. The number of hydrogen-bond acceptors (Lipinski definition) is 6. The summed E-state index contributed by atoms with van der Waals surface area (Å²) in [5.41, 5.74) is 0. The van der Waals surface area contributed by atoms with Crippen LogP contribution in [0.5, 0.6) is 0 Å². The maximum Gasteiger partial charge on any atom is 0.407 e. The number of nitrogens with one attached hydrogen (secondary N) is 1. The maximum absolute atomic E-state index is 12.9. The van der Waals surface area contributed by atoms with Crippen LogP contribution < -0.4 is 5.32 Å². The Morgan fingerprint density at radius 2 is 1.17 bits per heavy atom. The molecule has 1 amide bonds. The third kappa shape index (κ3) is 26.3. The van der Waals surface area contributed by atoms with Gasteiger partial charge < -0.3 is 24.4 Å². The van der Waals surface area contributed by atoms with Crippen molar-refractivity contribution in [3.63, 3.8) is 0 Å². The molecule has 0 saturated carbocycles. The third-order valence-electron chi connectivity index (χ3n) is 8.14. The van der Waals surface area contributed by atoms with Gasteiger partial charge in [-0.05, 0) is 65.0 Å². The van der Waals surface area contributed by atoms with E-state index in [-0.39, 0.29) is 24.1 Å². The highest BCUT2D eigenvalue weighted by molar-refractivity contribution is 5.72. The van der Waals surface area contributed by atoms with Crippen molar-refractivity contribution in [1.82, 2.24) is 10.2 Å². The normalized spacial score (nSPS) is 12.8. The standard InChI is InChI=1S/C35H70N2O5/c1-6-10-13-15-16-20-24-32(23-19-14-11-7-2)34(38)41-29-22-17-21-26-33(25-18-12-8-3)42-35(39)36-27-30-40-31-28-37(5)9-4/h32-33H,6-31H2,1-5H3,(H,36,39). The second-order valence-corrected chi connectivity index (χ2v) is 12.1. The van der Waals surface area contributed by atoms with Crippen LogP contribution in [-0.4, -0.2) is 69.6 Å². The predicted octanol–water partition coefficient (Wildman–Crippen LogP) is 9.07.